The predicted molar refractivity (Wildman–Crippen MR) is 256 cm³/mol. The number of amidine groups is 2. The van der Waals surface area contributed by atoms with Gasteiger partial charge in [-0.25, -0.2) is 4.99 Å². The van der Waals surface area contributed by atoms with E-state index in [1.54, 1.807) is 23.5 Å². The maximum atomic E-state index is 13.6. The molecule has 67 heavy (non-hydrogen) atoms. The number of nitrogens with two attached hydrogens (primary N) is 1. The first-order valence-electron chi connectivity index (χ1n) is 23.1. The molecule has 0 saturated carbocycles. The van der Waals surface area contributed by atoms with Crippen LogP contribution in [0, 0.1) is 11.3 Å². The maximum absolute atomic E-state index is 13.6. The van der Waals surface area contributed by atoms with E-state index in [0.717, 1.165) is 34.9 Å². The third-order valence-corrected chi connectivity index (χ3v) is 10.2. The summed E-state index contributed by atoms with van der Waals surface area (Å²) in [6.45, 7) is 12.6. The van der Waals surface area contributed by atoms with Gasteiger partial charge in [0.2, 0.25) is 5.91 Å². The van der Waals surface area contributed by atoms with Crippen LogP contribution >= 0.6 is 11.3 Å². The molecule has 2 heterocycles. The lowest BCUT2D eigenvalue weighted by Gasteiger charge is -2.23. The van der Waals surface area contributed by atoms with Crippen molar-refractivity contribution >= 4 is 52.3 Å². The molecule has 1 amide bonds. The lowest BCUT2D eigenvalue weighted by molar-refractivity contribution is -0.138. The summed E-state index contributed by atoms with van der Waals surface area (Å²) in [5.41, 5.74) is 8.96. The van der Waals surface area contributed by atoms with Crippen molar-refractivity contribution in [1.29, 1.82) is 5.26 Å². The van der Waals surface area contributed by atoms with Crippen molar-refractivity contribution in [2.24, 2.45) is 15.7 Å². The maximum Gasteiger partial charge on any atom is 0.305 e. The zero-order chi connectivity index (χ0) is 47.8. The molecule has 4 N–H and O–H groups in total. The lowest BCUT2D eigenvalue weighted by atomic mass is 10.1. The van der Waals surface area contributed by atoms with E-state index in [4.69, 9.17) is 63.2 Å². The molecule has 1 aliphatic rings. The van der Waals surface area contributed by atoms with Crippen LogP contribution in [0.5, 0.6) is 0 Å². The Labute approximate surface area is 399 Å². The van der Waals surface area contributed by atoms with E-state index in [2.05, 4.69) is 23.3 Å². The summed E-state index contributed by atoms with van der Waals surface area (Å²) in [5, 5.41) is 23.3. The summed E-state index contributed by atoms with van der Waals surface area (Å²) < 4.78 is 54.9. The van der Waals surface area contributed by atoms with Crippen molar-refractivity contribution in [2.75, 3.05) is 157 Å². The number of hydrogen-bond acceptors (Lipinski definition) is 17. The number of nitriles is 1. The summed E-state index contributed by atoms with van der Waals surface area (Å²) in [6, 6.07) is 11.4. The van der Waals surface area contributed by atoms with E-state index < -0.39 is 5.97 Å². The molecule has 0 spiro atoms. The molecule has 19 nitrogen and oxygen atoms in total. The Morgan fingerprint density at radius 1 is 0.746 bits per heavy atom. The van der Waals surface area contributed by atoms with Gasteiger partial charge >= 0.3 is 5.97 Å². The van der Waals surface area contributed by atoms with Crippen LogP contribution in [0.3, 0.4) is 0 Å². The van der Waals surface area contributed by atoms with Crippen LogP contribution < -0.4 is 11.1 Å². The normalized spacial score (nSPS) is 12.6. The molecule has 20 heteroatoms. The minimum Gasteiger partial charge on any atom is -0.481 e. The molecule has 3 rings (SSSR count). The zero-order valence-corrected chi connectivity index (χ0v) is 40.0. The fourth-order valence-corrected chi connectivity index (χ4v) is 6.90. The molecule has 0 unspecified atom stereocenters. The Morgan fingerprint density at radius 2 is 1.27 bits per heavy atom. The molecule has 0 saturated heterocycles. The van der Waals surface area contributed by atoms with Gasteiger partial charge in [0.25, 0.3) is 0 Å². The van der Waals surface area contributed by atoms with Crippen molar-refractivity contribution in [3.05, 3.63) is 51.7 Å². The van der Waals surface area contributed by atoms with Gasteiger partial charge in [0, 0.05) is 50.3 Å². The summed E-state index contributed by atoms with van der Waals surface area (Å²) >= 11 is 1.55. The van der Waals surface area contributed by atoms with Crippen LogP contribution in [0.1, 0.15) is 55.9 Å². The quantitative estimate of drug-likeness (QED) is 0.0453. The number of benzene rings is 1. The van der Waals surface area contributed by atoms with Crippen LogP contribution in [0.25, 0.3) is 6.08 Å². The van der Waals surface area contributed by atoms with Crippen LogP contribution in [-0.2, 0) is 57.0 Å². The Balaban J connectivity index is 1.14. The van der Waals surface area contributed by atoms with Crippen LogP contribution in [0.15, 0.2) is 51.3 Å². The van der Waals surface area contributed by atoms with E-state index in [0.29, 0.717) is 181 Å². The van der Waals surface area contributed by atoms with Gasteiger partial charge < -0.3 is 68.4 Å². The van der Waals surface area contributed by atoms with Gasteiger partial charge in [-0.2, -0.15) is 5.26 Å². The number of aliphatic imine (C=N–C) groups is 2. The molecule has 0 fully saturated rings. The van der Waals surface area contributed by atoms with E-state index in [1.807, 2.05) is 34.6 Å². The number of hydrogen-bond donors (Lipinski definition) is 3. The molecule has 0 atom stereocenters. The van der Waals surface area contributed by atoms with Crippen LogP contribution in [-0.4, -0.2) is 185 Å². The van der Waals surface area contributed by atoms with Crippen molar-refractivity contribution in [1.82, 2.24) is 4.90 Å². The van der Waals surface area contributed by atoms with E-state index in [9.17, 15) is 14.9 Å². The average molecular weight is 961 g/mol. The molecular formula is C47H72N6O13S. The smallest absolute Gasteiger partial charge is 0.305 e. The van der Waals surface area contributed by atoms with Crippen molar-refractivity contribution in [3.8, 4) is 6.07 Å². The van der Waals surface area contributed by atoms with Gasteiger partial charge in [-0.1, -0.05) is 13.0 Å². The minimum atomic E-state index is -0.881. The predicted octanol–water partition coefficient (Wildman–Crippen LogP) is 4.96. The summed E-state index contributed by atoms with van der Waals surface area (Å²) in [5.74, 6) is 0.322. The first-order valence-corrected chi connectivity index (χ1v) is 24.0. The molecular weight excluding hydrogens is 889 g/mol. The number of anilines is 1. The fraction of sp³-hybridized carbons (Fsp3) is 0.638. The highest BCUT2D eigenvalue weighted by Gasteiger charge is 2.21. The number of thiophene rings is 1. The summed E-state index contributed by atoms with van der Waals surface area (Å²) in [7, 11) is 0. The number of carbonyl (C=O) groups excluding carboxylic acids is 1. The highest BCUT2D eigenvalue weighted by atomic mass is 32.1. The Bertz CT molecular complexity index is 1770. The summed E-state index contributed by atoms with van der Waals surface area (Å²) in [4.78, 5) is 36.2. The zero-order valence-electron chi connectivity index (χ0n) is 39.2. The van der Waals surface area contributed by atoms with Crippen molar-refractivity contribution in [3.63, 3.8) is 0 Å². The third-order valence-electron chi connectivity index (χ3n) is 9.35. The van der Waals surface area contributed by atoms with Gasteiger partial charge in [0.15, 0.2) is 0 Å². The first kappa shape index (κ1) is 57.0. The molecule has 1 aromatic heterocycles. The highest BCUT2D eigenvalue weighted by Crippen LogP contribution is 2.31. The minimum absolute atomic E-state index is 0.0118. The highest BCUT2D eigenvalue weighted by molar-refractivity contribution is 7.11. The van der Waals surface area contributed by atoms with Crippen molar-refractivity contribution < 1.29 is 62.1 Å². The van der Waals surface area contributed by atoms with Crippen LogP contribution in [0.4, 0.5) is 11.4 Å². The Kier molecular flexibility index (Phi) is 32.8. The monoisotopic (exact) mass is 960 g/mol. The van der Waals surface area contributed by atoms with Gasteiger partial charge in [0.05, 0.1) is 154 Å². The summed E-state index contributed by atoms with van der Waals surface area (Å²) in [6.07, 6.45) is 5.13. The fourth-order valence-electron chi connectivity index (χ4n) is 6.11. The van der Waals surface area contributed by atoms with E-state index in [1.165, 1.54) is 0 Å². The average Bonchev–Trinajstić information content (AvgIpc) is 3.69. The van der Waals surface area contributed by atoms with E-state index in [-0.39, 0.29) is 18.9 Å². The second-order valence-electron chi connectivity index (χ2n) is 14.8. The van der Waals surface area contributed by atoms with Crippen molar-refractivity contribution in [2.45, 2.75) is 45.4 Å². The number of carbonyl (C=O) groups is 2. The number of nitrogens with zero attached hydrogens (tertiary/aromatic N) is 4. The molecule has 1 aromatic carbocycles. The standard InChI is InChI=1S/C47H72N6O13S/c1-2-12-53(47(56)40-36-43-42(10-34-67-43)52-44(49)37-40)13-5-11-50-45(51-41-7-3-6-39(35-41)38-48)8-4-14-57-16-18-59-20-22-61-24-26-63-28-30-65-32-33-66-31-29-64-27-25-62-23-21-60-19-17-58-15-9-46(54)55/h3,6-7,10,34-36H,2,4-5,8-9,11-33,37H2,1H3,(H2,49,52)(H,50,51)(H,54,55). The number of aliphatic carboxylic acids is 1. The first-order chi connectivity index (χ1) is 32.9. The number of fused-ring (bicyclic) bond motifs is 1. The molecule has 0 bridgehead atoms. The van der Waals surface area contributed by atoms with Gasteiger partial charge in [0.1, 0.15) is 11.7 Å². The molecule has 0 radical (unpaired) electrons. The second-order valence-corrected chi connectivity index (χ2v) is 15.7. The Morgan fingerprint density at radius 3 is 1.78 bits per heavy atom. The topological polar surface area (TPSA) is 236 Å². The second kappa shape index (κ2) is 38.6. The number of carboxylic acid groups (broad SMARTS) is 1. The number of nitrogens with one attached hydrogen (secondary N) is 1. The molecule has 2 aromatic rings. The number of ether oxygens (including phenoxy) is 10. The van der Waals surface area contributed by atoms with Gasteiger partial charge in [-0.05, 0) is 55.0 Å². The third kappa shape index (κ3) is 28.5. The molecule has 0 aliphatic carbocycles. The number of carboxylic acids is 1. The number of rotatable bonds is 42. The van der Waals surface area contributed by atoms with Gasteiger partial charge in [-0.15, -0.1) is 11.3 Å². The molecule has 374 valence electrons. The van der Waals surface area contributed by atoms with Gasteiger partial charge in [-0.3, -0.25) is 14.6 Å². The lowest BCUT2D eigenvalue weighted by Crippen LogP contribution is -2.35. The number of amides is 1. The van der Waals surface area contributed by atoms with E-state index >= 15 is 0 Å². The Hall–Kier alpha value is -4.37. The molecule has 1 aliphatic heterocycles. The largest absolute Gasteiger partial charge is 0.481 e. The van der Waals surface area contributed by atoms with Crippen LogP contribution in [0.2, 0.25) is 0 Å². The SMILES string of the molecule is CCCN(CCCN=C(CCCOCCOCCOCCOCCOCCOCCOCCOCCOCCOCCC(=O)O)Nc1cccc(C#N)c1)C(=O)C1=Cc2sccc2N=C(N)C1.